The zero-order chi connectivity index (χ0) is 17.1. The van der Waals surface area contributed by atoms with Gasteiger partial charge in [0.2, 0.25) is 0 Å². The van der Waals surface area contributed by atoms with Crippen molar-refractivity contribution in [2.24, 2.45) is 0 Å². The molecule has 0 spiro atoms. The van der Waals surface area contributed by atoms with E-state index in [0.717, 1.165) is 24.5 Å². The lowest BCUT2D eigenvalue weighted by atomic mass is 10.1. The highest BCUT2D eigenvalue weighted by Gasteiger charge is 2.10. The molecule has 1 aromatic heterocycles. The van der Waals surface area contributed by atoms with Crippen LogP contribution >= 0.6 is 11.6 Å². The van der Waals surface area contributed by atoms with E-state index in [1.165, 1.54) is 27.6 Å². The molecule has 3 aromatic rings. The molecular weight excluding hydrogens is 316 g/mol. The molecule has 3 heteroatoms. The molecule has 2 nitrogen and oxygen atoms in total. The van der Waals surface area contributed by atoms with Gasteiger partial charge in [-0.3, -0.25) is 0 Å². The van der Waals surface area contributed by atoms with Crippen molar-refractivity contribution in [2.75, 3.05) is 0 Å². The van der Waals surface area contributed by atoms with Crippen molar-refractivity contribution >= 4 is 22.5 Å². The molecule has 0 fully saturated rings. The number of para-hydroxylation sites is 1. The van der Waals surface area contributed by atoms with Gasteiger partial charge in [-0.05, 0) is 62.1 Å². The summed E-state index contributed by atoms with van der Waals surface area (Å²) < 4.78 is 2.33. The standard InChI is InChI=1S/C21H25ClN2/c1-4-24-14-18(20-7-5-6-8-21(20)24)11-16(3)23-13-17-9-15(2)10-19(22)12-17/h5-10,12,14,16,23H,4,11,13H2,1-3H3. The maximum Gasteiger partial charge on any atom is 0.0483 e. The van der Waals surface area contributed by atoms with Crippen molar-refractivity contribution < 1.29 is 0 Å². The lowest BCUT2D eigenvalue weighted by Gasteiger charge is -2.14. The fourth-order valence-corrected chi connectivity index (χ4v) is 3.67. The molecular formula is C21H25ClN2. The molecule has 0 aliphatic rings. The van der Waals surface area contributed by atoms with Crippen LogP contribution in [-0.2, 0) is 19.5 Å². The maximum absolute atomic E-state index is 6.15. The fourth-order valence-electron chi connectivity index (χ4n) is 3.36. The molecule has 0 aliphatic carbocycles. The van der Waals surface area contributed by atoms with Crippen molar-refractivity contribution in [3.8, 4) is 0 Å². The van der Waals surface area contributed by atoms with E-state index in [4.69, 9.17) is 11.6 Å². The Labute approximate surface area is 149 Å². The summed E-state index contributed by atoms with van der Waals surface area (Å²) in [7, 11) is 0. The van der Waals surface area contributed by atoms with Gasteiger partial charge in [0.05, 0.1) is 0 Å². The van der Waals surface area contributed by atoms with Gasteiger partial charge < -0.3 is 9.88 Å². The van der Waals surface area contributed by atoms with E-state index in [1.54, 1.807) is 0 Å². The van der Waals surface area contributed by atoms with Gasteiger partial charge in [0, 0.05) is 41.3 Å². The number of benzene rings is 2. The Morgan fingerprint density at radius 3 is 2.71 bits per heavy atom. The molecule has 0 radical (unpaired) electrons. The number of rotatable bonds is 6. The topological polar surface area (TPSA) is 17.0 Å². The second-order valence-electron chi connectivity index (χ2n) is 6.58. The predicted molar refractivity (Wildman–Crippen MR) is 104 cm³/mol. The summed E-state index contributed by atoms with van der Waals surface area (Å²) in [5, 5.41) is 5.80. The van der Waals surface area contributed by atoms with Crippen molar-refractivity contribution in [2.45, 2.75) is 46.3 Å². The number of nitrogens with zero attached hydrogens (tertiary/aromatic N) is 1. The van der Waals surface area contributed by atoms with Crippen LogP contribution < -0.4 is 5.32 Å². The molecule has 1 unspecified atom stereocenters. The van der Waals surface area contributed by atoms with Crippen LogP contribution in [0.15, 0.2) is 48.7 Å². The summed E-state index contributed by atoms with van der Waals surface area (Å²) in [5.41, 5.74) is 5.18. The monoisotopic (exact) mass is 340 g/mol. The summed E-state index contributed by atoms with van der Waals surface area (Å²) in [5.74, 6) is 0. The van der Waals surface area contributed by atoms with Gasteiger partial charge in [-0.25, -0.2) is 0 Å². The molecule has 0 bridgehead atoms. The molecule has 126 valence electrons. The molecule has 1 atom stereocenters. The van der Waals surface area contributed by atoms with Crippen LogP contribution in [0.4, 0.5) is 0 Å². The number of fused-ring (bicyclic) bond motifs is 1. The molecule has 2 aromatic carbocycles. The minimum absolute atomic E-state index is 0.403. The summed E-state index contributed by atoms with van der Waals surface area (Å²) in [6.45, 7) is 8.37. The molecule has 0 saturated heterocycles. The number of halogens is 1. The molecule has 3 rings (SSSR count). The first-order valence-corrected chi connectivity index (χ1v) is 9.01. The minimum Gasteiger partial charge on any atom is -0.347 e. The number of hydrogen-bond acceptors (Lipinski definition) is 1. The average Bonchev–Trinajstić information content (AvgIpc) is 2.90. The Morgan fingerprint density at radius 2 is 1.96 bits per heavy atom. The summed E-state index contributed by atoms with van der Waals surface area (Å²) in [6, 6.07) is 15.3. The maximum atomic E-state index is 6.15. The molecule has 0 amide bonds. The Kier molecular flexibility index (Phi) is 5.27. The quantitative estimate of drug-likeness (QED) is 0.640. The van der Waals surface area contributed by atoms with Crippen molar-refractivity contribution in [1.29, 1.82) is 0 Å². The van der Waals surface area contributed by atoms with E-state index in [-0.39, 0.29) is 0 Å². The summed E-state index contributed by atoms with van der Waals surface area (Å²) in [6.07, 6.45) is 3.32. The number of nitrogens with one attached hydrogen (secondary N) is 1. The van der Waals surface area contributed by atoms with Crippen molar-refractivity contribution in [1.82, 2.24) is 9.88 Å². The first kappa shape index (κ1) is 17.1. The largest absolute Gasteiger partial charge is 0.347 e. The Balaban J connectivity index is 1.70. The molecule has 1 N–H and O–H groups in total. The van der Waals surface area contributed by atoms with Crippen LogP contribution in [0.5, 0.6) is 0 Å². The third kappa shape index (κ3) is 3.82. The van der Waals surface area contributed by atoms with Crippen LogP contribution in [0.1, 0.15) is 30.5 Å². The van der Waals surface area contributed by atoms with E-state index < -0.39 is 0 Å². The highest BCUT2D eigenvalue weighted by molar-refractivity contribution is 6.30. The Morgan fingerprint density at radius 1 is 1.17 bits per heavy atom. The third-order valence-corrected chi connectivity index (χ3v) is 4.71. The fraction of sp³-hybridized carbons (Fsp3) is 0.333. The van der Waals surface area contributed by atoms with Gasteiger partial charge in [0.1, 0.15) is 0 Å². The molecule has 1 heterocycles. The van der Waals surface area contributed by atoms with E-state index in [2.05, 4.69) is 67.2 Å². The zero-order valence-electron chi connectivity index (χ0n) is 14.6. The van der Waals surface area contributed by atoms with Crippen LogP contribution in [0.2, 0.25) is 5.02 Å². The Bertz CT molecular complexity index is 815. The van der Waals surface area contributed by atoms with E-state index >= 15 is 0 Å². The molecule has 24 heavy (non-hydrogen) atoms. The van der Waals surface area contributed by atoms with Gasteiger partial charge in [-0.1, -0.05) is 35.9 Å². The lowest BCUT2D eigenvalue weighted by molar-refractivity contribution is 0.546. The van der Waals surface area contributed by atoms with Gasteiger partial charge >= 0.3 is 0 Å². The van der Waals surface area contributed by atoms with Gasteiger partial charge in [-0.2, -0.15) is 0 Å². The lowest BCUT2D eigenvalue weighted by Crippen LogP contribution is -2.27. The van der Waals surface area contributed by atoms with Crippen molar-refractivity contribution in [3.63, 3.8) is 0 Å². The second kappa shape index (κ2) is 7.42. The first-order chi connectivity index (χ1) is 11.6. The minimum atomic E-state index is 0.403. The van der Waals surface area contributed by atoms with Crippen LogP contribution in [0, 0.1) is 6.92 Å². The number of hydrogen-bond donors (Lipinski definition) is 1. The normalized spacial score (nSPS) is 12.7. The SMILES string of the molecule is CCn1cc(CC(C)NCc2cc(C)cc(Cl)c2)c2ccccc21. The van der Waals surface area contributed by atoms with E-state index in [1.807, 2.05) is 12.1 Å². The molecule has 0 saturated carbocycles. The smallest absolute Gasteiger partial charge is 0.0483 e. The first-order valence-electron chi connectivity index (χ1n) is 8.63. The van der Waals surface area contributed by atoms with Crippen LogP contribution in [0.3, 0.4) is 0 Å². The van der Waals surface area contributed by atoms with Crippen molar-refractivity contribution in [3.05, 3.63) is 70.4 Å². The van der Waals surface area contributed by atoms with Crippen LogP contribution in [0.25, 0.3) is 10.9 Å². The van der Waals surface area contributed by atoms with Gasteiger partial charge in [-0.15, -0.1) is 0 Å². The third-order valence-electron chi connectivity index (χ3n) is 4.49. The summed E-state index contributed by atoms with van der Waals surface area (Å²) in [4.78, 5) is 0. The van der Waals surface area contributed by atoms with Crippen LogP contribution in [-0.4, -0.2) is 10.6 Å². The Hall–Kier alpha value is -1.77. The van der Waals surface area contributed by atoms with Gasteiger partial charge in [0.25, 0.3) is 0 Å². The average molecular weight is 341 g/mol. The van der Waals surface area contributed by atoms with E-state index in [0.29, 0.717) is 6.04 Å². The highest BCUT2D eigenvalue weighted by Crippen LogP contribution is 2.22. The highest BCUT2D eigenvalue weighted by atomic mass is 35.5. The summed E-state index contributed by atoms with van der Waals surface area (Å²) >= 11 is 6.15. The zero-order valence-corrected chi connectivity index (χ0v) is 15.4. The number of aromatic nitrogens is 1. The second-order valence-corrected chi connectivity index (χ2v) is 7.02. The number of aryl methyl sites for hydroxylation is 2. The van der Waals surface area contributed by atoms with Gasteiger partial charge in [0.15, 0.2) is 0 Å². The molecule has 0 aliphatic heterocycles. The van der Waals surface area contributed by atoms with E-state index in [9.17, 15) is 0 Å². The predicted octanol–water partition coefficient (Wildman–Crippen LogP) is 5.34.